The Kier molecular flexibility index (Phi) is 4.12. The van der Waals surface area contributed by atoms with Crippen LogP contribution in [-0.2, 0) is 0 Å². The Labute approximate surface area is 82.3 Å². The van der Waals surface area contributed by atoms with E-state index in [2.05, 4.69) is 45.3 Å². The van der Waals surface area contributed by atoms with Crippen LogP contribution in [0.4, 0.5) is 0 Å². The quantitative estimate of drug-likeness (QED) is 0.574. The van der Waals surface area contributed by atoms with Crippen LogP contribution in [0.3, 0.4) is 0 Å². The van der Waals surface area contributed by atoms with Gasteiger partial charge in [0.25, 0.3) is 0 Å². The van der Waals surface area contributed by atoms with Gasteiger partial charge in [0.1, 0.15) is 0 Å². The zero-order valence-electron chi connectivity index (χ0n) is 9.73. The first-order valence-corrected chi connectivity index (χ1v) is 4.60. The van der Waals surface area contributed by atoms with Crippen LogP contribution in [0, 0.1) is 5.41 Å². The van der Waals surface area contributed by atoms with Crippen molar-refractivity contribution in [1.82, 2.24) is 0 Å². The van der Waals surface area contributed by atoms with E-state index in [4.69, 9.17) is 0 Å². The first-order chi connectivity index (χ1) is 5.79. The molecule has 0 aromatic carbocycles. The fraction of sp³-hybridized carbons (Fsp3) is 0.583. The van der Waals surface area contributed by atoms with E-state index in [0.29, 0.717) is 0 Å². The van der Waals surface area contributed by atoms with Gasteiger partial charge in [-0.15, -0.1) is 0 Å². The minimum absolute atomic E-state index is 0.214. The number of aliphatic imine (C=N–C) groups is 1. The molecule has 0 bridgehead atoms. The molecule has 0 radical (unpaired) electrons. The summed E-state index contributed by atoms with van der Waals surface area (Å²) in [6.07, 6.45) is 2.11. The zero-order chi connectivity index (χ0) is 10.6. The summed E-state index contributed by atoms with van der Waals surface area (Å²) in [6.45, 7) is 14.6. The van der Waals surface area contributed by atoms with Crippen LogP contribution in [0.2, 0.25) is 0 Å². The van der Waals surface area contributed by atoms with Crippen LogP contribution in [0.15, 0.2) is 28.8 Å². The molecule has 74 valence electrons. The molecular weight excluding hydrogens is 158 g/mol. The van der Waals surface area contributed by atoms with Crippen molar-refractivity contribution in [2.75, 3.05) is 7.05 Å². The minimum atomic E-state index is 0.214. The van der Waals surface area contributed by atoms with Crippen LogP contribution in [0.1, 0.15) is 34.6 Å². The van der Waals surface area contributed by atoms with E-state index in [1.165, 1.54) is 5.57 Å². The standard InChI is InChI=1S/C12H21N/c1-9(2)11(13-7)8-10(3)12(4,5)6/h8H,1H2,2-7H3/b10-8+,13-11?. The number of rotatable bonds is 2. The molecule has 0 rings (SSSR count). The van der Waals surface area contributed by atoms with Crippen molar-refractivity contribution in [3.05, 3.63) is 23.8 Å². The molecule has 0 aromatic rings. The average Bonchev–Trinajstić information content (AvgIpc) is 1.96. The Bertz CT molecular complexity index is 249. The van der Waals surface area contributed by atoms with E-state index in [0.717, 1.165) is 11.3 Å². The second-order valence-corrected chi connectivity index (χ2v) is 4.47. The Morgan fingerprint density at radius 1 is 1.23 bits per heavy atom. The van der Waals surface area contributed by atoms with Gasteiger partial charge in [-0.1, -0.05) is 32.9 Å². The molecule has 0 heterocycles. The van der Waals surface area contributed by atoms with Crippen LogP contribution in [-0.4, -0.2) is 12.8 Å². The fourth-order valence-electron chi connectivity index (χ4n) is 0.800. The van der Waals surface area contributed by atoms with E-state index in [9.17, 15) is 0 Å². The van der Waals surface area contributed by atoms with E-state index >= 15 is 0 Å². The second-order valence-electron chi connectivity index (χ2n) is 4.47. The molecule has 1 nitrogen and oxygen atoms in total. The van der Waals surface area contributed by atoms with Gasteiger partial charge in [0.05, 0.1) is 5.71 Å². The van der Waals surface area contributed by atoms with Crippen molar-refractivity contribution in [3.63, 3.8) is 0 Å². The molecule has 0 saturated carbocycles. The summed E-state index contributed by atoms with van der Waals surface area (Å²) in [5.74, 6) is 0. The monoisotopic (exact) mass is 179 g/mol. The predicted molar refractivity (Wildman–Crippen MR) is 61.4 cm³/mol. The highest BCUT2D eigenvalue weighted by atomic mass is 14.7. The first-order valence-electron chi connectivity index (χ1n) is 4.60. The highest BCUT2D eigenvalue weighted by Crippen LogP contribution is 2.24. The lowest BCUT2D eigenvalue weighted by atomic mass is 9.86. The molecule has 0 aliphatic heterocycles. The van der Waals surface area contributed by atoms with Crippen LogP contribution >= 0.6 is 0 Å². The van der Waals surface area contributed by atoms with Gasteiger partial charge in [-0.05, 0) is 30.9 Å². The van der Waals surface area contributed by atoms with E-state index < -0.39 is 0 Å². The van der Waals surface area contributed by atoms with Crippen molar-refractivity contribution in [2.24, 2.45) is 10.4 Å². The first kappa shape index (κ1) is 12.2. The molecular formula is C12H21N. The van der Waals surface area contributed by atoms with Gasteiger partial charge in [0.2, 0.25) is 0 Å². The lowest BCUT2D eigenvalue weighted by Gasteiger charge is -2.19. The third-order valence-electron chi connectivity index (χ3n) is 2.21. The lowest BCUT2D eigenvalue weighted by molar-refractivity contribution is 0.504. The van der Waals surface area contributed by atoms with Crippen molar-refractivity contribution in [2.45, 2.75) is 34.6 Å². The van der Waals surface area contributed by atoms with Crippen molar-refractivity contribution < 1.29 is 0 Å². The number of nitrogens with zero attached hydrogens (tertiary/aromatic N) is 1. The molecule has 0 aliphatic carbocycles. The number of hydrogen-bond donors (Lipinski definition) is 0. The SMILES string of the molecule is C=C(C)C(/C=C(\C)C(C)(C)C)=NC. The molecule has 0 aliphatic rings. The Balaban J connectivity index is 4.85. The largest absolute Gasteiger partial charge is 0.288 e. The predicted octanol–water partition coefficient (Wildman–Crippen LogP) is 3.63. The molecule has 0 N–H and O–H groups in total. The smallest absolute Gasteiger partial charge is 0.0593 e. The molecule has 0 aromatic heterocycles. The molecule has 0 atom stereocenters. The van der Waals surface area contributed by atoms with E-state index in [1.807, 2.05) is 6.92 Å². The molecule has 0 fully saturated rings. The Hall–Kier alpha value is -0.850. The Morgan fingerprint density at radius 2 is 1.69 bits per heavy atom. The van der Waals surface area contributed by atoms with Crippen molar-refractivity contribution >= 4 is 5.71 Å². The number of allylic oxidation sites excluding steroid dienone is 3. The molecule has 0 spiro atoms. The van der Waals surface area contributed by atoms with Crippen LogP contribution < -0.4 is 0 Å². The van der Waals surface area contributed by atoms with Crippen molar-refractivity contribution in [3.8, 4) is 0 Å². The Morgan fingerprint density at radius 3 is 1.92 bits per heavy atom. The summed E-state index contributed by atoms with van der Waals surface area (Å²) < 4.78 is 0. The van der Waals surface area contributed by atoms with E-state index in [-0.39, 0.29) is 5.41 Å². The molecule has 13 heavy (non-hydrogen) atoms. The van der Waals surface area contributed by atoms with E-state index in [1.54, 1.807) is 7.05 Å². The van der Waals surface area contributed by atoms with Gasteiger partial charge in [-0.3, -0.25) is 4.99 Å². The average molecular weight is 179 g/mol. The van der Waals surface area contributed by atoms with Gasteiger partial charge < -0.3 is 0 Å². The summed E-state index contributed by atoms with van der Waals surface area (Å²) >= 11 is 0. The third-order valence-corrected chi connectivity index (χ3v) is 2.21. The molecule has 0 amide bonds. The summed E-state index contributed by atoms with van der Waals surface area (Å²) in [4.78, 5) is 4.18. The topological polar surface area (TPSA) is 12.4 Å². The molecule has 1 heteroatoms. The number of hydrogen-bond acceptors (Lipinski definition) is 1. The highest BCUT2D eigenvalue weighted by molar-refractivity contribution is 6.07. The summed E-state index contributed by atoms with van der Waals surface area (Å²) in [7, 11) is 1.80. The normalized spacial score (nSPS) is 14.6. The van der Waals surface area contributed by atoms with Crippen LogP contribution in [0.5, 0.6) is 0 Å². The van der Waals surface area contributed by atoms with Crippen LogP contribution in [0.25, 0.3) is 0 Å². The highest BCUT2D eigenvalue weighted by Gasteiger charge is 2.12. The maximum Gasteiger partial charge on any atom is 0.0593 e. The van der Waals surface area contributed by atoms with Crippen molar-refractivity contribution in [1.29, 1.82) is 0 Å². The minimum Gasteiger partial charge on any atom is -0.288 e. The second kappa shape index (κ2) is 4.40. The van der Waals surface area contributed by atoms with Gasteiger partial charge in [-0.25, -0.2) is 0 Å². The van der Waals surface area contributed by atoms with Gasteiger partial charge in [-0.2, -0.15) is 0 Å². The summed E-state index contributed by atoms with van der Waals surface area (Å²) in [5, 5.41) is 0. The molecule has 0 saturated heterocycles. The maximum absolute atomic E-state index is 4.18. The van der Waals surface area contributed by atoms with Gasteiger partial charge in [0.15, 0.2) is 0 Å². The summed E-state index contributed by atoms with van der Waals surface area (Å²) in [6, 6.07) is 0. The third kappa shape index (κ3) is 4.07. The molecule has 0 unspecified atom stereocenters. The maximum atomic E-state index is 4.18. The van der Waals surface area contributed by atoms with Gasteiger partial charge >= 0.3 is 0 Å². The zero-order valence-corrected chi connectivity index (χ0v) is 9.73. The lowest BCUT2D eigenvalue weighted by Crippen LogP contribution is -2.09. The summed E-state index contributed by atoms with van der Waals surface area (Å²) in [5.41, 5.74) is 3.56. The fourth-order valence-corrected chi connectivity index (χ4v) is 0.800. The van der Waals surface area contributed by atoms with Gasteiger partial charge in [0, 0.05) is 7.05 Å².